The van der Waals surface area contributed by atoms with Gasteiger partial charge in [0, 0.05) is 5.56 Å². The van der Waals surface area contributed by atoms with E-state index in [9.17, 15) is 4.79 Å². The van der Waals surface area contributed by atoms with Crippen LogP contribution in [0.15, 0.2) is 35.5 Å². The Hall–Kier alpha value is -2.11. The third-order valence-electron chi connectivity index (χ3n) is 2.80. The Kier molecular flexibility index (Phi) is 5.35. The number of rotatable bonds is 4. The molecule has 0 saturated carbocycles. The van der Waals surface area contributed by atoms with Gasteiger partial charge in [-0.25, -0.2) is 9.78 Å². The second-order valence-corrected chi connectivity index (χ2v) is 4.99. The minimum Gasteiger partial charge on any atom is -0.464 e. The minimum atomic E-state index is -0.605. The van der Waals surface area contributed by atoms with Crippen LogP contribution in [0.25, 0.3) is 11.3 Å². The van der Waals surface area contributed by atoms with Crippen molar-refractivity contribution in [3.8, 4) is 11.3 Å². The van der Waals surface area contributed by atoms with Crippen molar-refractivity contribution in [3.63, 3.8) is 0 Å². The molecule has 0 aliphatic heterocycles. The van der Waals surface area contributed by atoms with Gasteiger partial charge >= 0.3 is 5.97 Å². The molecule has 2 rings (SSSR count). The molecule has 0 radical (unpaired) electrons. The lowest BCUT2D eigenvalue weighted by atomic mass is 10.1. The minimum absolute atomic E-state index is 0.0442. The molecule has 1 aromatic heterocycles. The second kappa shape index (κ2) is 7.24. The number of hydrogen-bond donors (Lipinski definition) is 0. The molecule has 0 spiro atoms. The van der Waals surface area contributed by atoms with Gasteiger partial charge in [0.1, 0.15) is 7.11 Å². The van der Waals surface area contributed by atoms with Crippen LogP contribution in [0.3, 0.4) is 0 Å². The van der Waals surface area contributed by atoms with E-state index in [1.807, 2.05) is 0 Å². The zero-order chi connectivity index (χ0) is 16.1. The van der Waals surface area contributed by atoms with E-state index in [2.05, 4.69) is 19.7 Å². The van der Waals surface area contributed by atoms with Crippen molar-refractivity contribution in [3.05, 3.63) is 51.6 Å². The Balaban J connectivity index is 2.44. The molecule has 22 heavy (non-hydrogen) atoms. The van der Waals surface area contributed by atoms with Crippen LogP contribution in [0.1, 0.15) is 16.1 Å². The number of benzene rings is 1. The first-order valence-electron chi connectivity index (χ1n) is 6.18. The highest BCUT2D eigenvalue weighted by molar-refractivity contribution is 6.34. The maximum absolute atomic E-state index is 11.6. The first-order valence-corrected chi connectivity index (χ1v) is 6.93. The summed E-state index contributed by atoms with van der Waals surface area (Å²) in [5.41, 5.74) is 2.00. The third kappa shape index (κ3) is 3.55. The van der Waals surface area contributed by atoms with Gasteiger partial charge in [0.15, 0.2) is 5.69 Å². The average Bonchev–Trinajstić information content (AvgIpc) is 2.53. The van der Waals surface area contributed by atoms with Gasteiger partial charge in [-0.15, -0.1) is 0 Å². The third-order valence-corrected chi connectivity index (χ3v) is 3.42. The number of carbonyl (C=O) groups is 1. The quantitative estimate of drug-likeness (QED) is 0.483. The van der Waals surface area contributed by atoms with E-state index in [0.29, 0.717) is 16.3 Å². The molecule has 0 amide bonds. The summed E-state index contributed by atoms with van der Waals surface area (Å²) in [6, 6.07) is 8.55. The summed E-state index contributed by atoms with van der Waals surface area (Å²) in [6.45, 7) is 0. The van der Waals surface area contributed by atoms with Gasteiger partial charge in [-0.05, 0) is 23.8 Å². The van der Waals surface area contributed by atoms with Crippen molar-refractivity contribution in [2.75, 3.05) is 14.2 Å². The molecule has 1 heterocycles. The van der Waals surface area contributed by atoms with Crippen LogP contribution < -0.4 is 0 Å². The fraction of sp³-hybridized carbons (Fsp3) is 0.133. The van der Waals surface area contributed by atoms with Crippen LogP contribution in [0.2, 0.25) is 10.0 Å². The predicted octanol–water partition coefficient (Wildman–Crippen LogP) is 3.82. The normalized spacial score (nSPS) is 10.7. The molecule has 7 heteroatoms. The number of halogens is 2. The van der Waals surface area contributed by atoms with Crippen LogP contribution >= 0.6 is 23.2 Å². The standard InChI is InChI=1S/C15H12Cl2N2O3/c1-21-15(20)14-11(16)5-6-13(19-14)10-4-3-9(7-12(10)17)8-18-22-2/h3-8H,1-2H3/b18-8+. The molecular weight excluding hydrogens is 327 g/mol. The van der Waals surface area contributed by atoms with Crippen LogP contribution in [0, 0.1) is 0 Å². The van der Waals surface area contributed by atoms with Gasteiger partial charge in [0.25, 0.3) is 0 Å². The zero-order valence-corrected chi connectivity index (χ0v) is 13.4. The Labute approximate surface area is 137 Å². The Morgan fingerprint density at radius 1 is 1.18 bits per heavy atom. The Morgan fingerprint density at radius 2 is 1.95 bits per heavy atom. The molecule has 0 saturated heterocycles. The molecular formula is C15H12Cl2N2O3. The molecule has 0 N–H and O–H groups in total. The maximum Gasteiger partial charge on any atom is 0.358 e. The fourth-order valence-electron chi connectivity index (χ4n) is 1.76. The lowest BCUT2D eigenvalue weighted by molar-refractivity contribution is 0.0594. The highest BCUT2D eigenvalue weighted by Crippen LogP contribution is 2.29. The molecule has 0 bridgehead atoms. The van der Waals surface area contributed by atoms with E-state index in [1.54, 1.807) is 30.3 Å². The summed E-state index contributed by atoms with van der Waals surface area (Å²) in [4.78, 5) is 20.5. The molecule has 5 nitrogen and oxygen atoms in total. The number of nitrogens with zero attached hydrogens (tertiary/aromatic N) is 2. The van der Waals surface area contributed by atoms with Gasteiger partial charge in [-0.2, -0.15) is 0 Å². The lowest BCUT2D eigenvalue weighted by Crippen LogP contribution is -2.06. The van der Waals surface area contributed by atoms with E-state index in [1.165, 1.54) is 20.4 Å². The van der Waals surface area contributed by atoms with Crippen LogP contribution in [-0.2, 0) is 9.57 Å². The summed E-state index contributed by atoms with van der Waals surface area (Å²) in [5.74, 6) is -0.605. The number of esters is 1. The Bertz CT molecular complexity index is 733. The SMILES string of the molecule is CO/N=C/c1ccc(-c2ccc(Cl)c(C(=O)OC)n2)c(Cl)c1. The van der Waals surface area contributed by atoms with Crippen molar-refractivity contribution < 1.29 is 14.4 Å². The molecule has 2 aromatic rings. The summed E-state index contributed by atoms with van der Waals surface area (Å²) in [7, 11) is 2.72. The topological polar surface area (TPSA) is 60.8 Å². The second-order valence-electron chi connectivity index (χ2n) is 4.17. The maximum atomic E-state index is 11.6. The van der Waals surface area contributed by atoms with Crippen molar-refractivity contribution in [1.82, 2.24) is 4.98 Å². The van der Waals surface area contributed by atoms with Crippen molar-refractivity contribution in [2.24, 2.45) is 5.16 Å². The Morgan fingerprint density at radius 3 is 2.59 bits per heavy atom. The molecule has 0 aliphatic carbocycles. The van der Waals surface area contributed by atoms with Crippen molar-refractivity contribution in [2.45, 2.75) is 0 Å². The van der Waals surface area contributed by atoms with E-state index < -0.39 is 5.97 Å². The van der Waals surface area contributed by atoms with Crippen molar-refractivity contribution >= 4 is 35.4 Å². The zero-order valence-electron chi connectivity index (χ0n) is 11.8. The molecule has 0 aliphatic rings. The summed E-state index contributed by atoms with van der Waals surface area (Å²) in [5, 5.41) is 4.35. The molecule has 0 fully saturated rings. The van der Waals surface area contributed by atoms with Gasteiger partial charge < -0.3 is 9.57 Å². The van der Waals surface area contributed by atoms with Gasteiger partial charge in [0.05, 0.1) is 29.1 Å². The smallest absolute Gasteiger partial charge is 0.358 e. The largest absolute Gasteiger partial charge is 0.464 e. The number of pyridine rings is 1. The van der Waals surface area contributed by atoms with Gasteiger partial charge in [-0.1, -0.05) is 40.5 Å². The van der Waals surface area contributed by atoms with Crippen LogP contribution in [-0.4, -0.2) is 31.4 Å². The number of ether oxygens (including phenoxy) is 1. The molecule has 1 aromatic carbocycles. The van der Waals surface area contributed by atoms with Crippen LogP contribution in [0.4, 0.5) is 0 Å². The van der Waals surface area contributed by atoms with Gasteiger partial charge in [-0.3, -0.25) is 0 Å². The van der Waals surface area contributed by atoms with E-state index in [-0.39, 0.29) is 10.7 Å². The fourth-order valence-corrected chi connectivity index (χ4v) is 2.23. The average molecular weight is 339 g/mol. The van der Waals surface area contributed by atoms with E-state index in [4.69, 9.17) is 23.2 Å². The molecule has 0 atom stereocenters. The molecule has 0 unspecified atom stereocenters. The highest BCUT2D eigenvalue weighted by Gasteiger charge is 2.15. The summed E-state index contributed by atoms with van der Waals surface area (Å²) < 4.78 is 4.65. The highest BCUT2D eigenvalue weighted by atomic mass is 35.5. The lowest BCUT2D eigenvalue weighted by Gasteiger charge is -2.07. The number of oxime groups is 1. The summed E-state index contributed by atoms with van der Waals surface area (Å²) in [6.07, 6.45) is 1.53. The predicted molar refractivity (Wildman–Crippen MR) is 85.6 cm³/mol. The first kappa shape index (κ1) is 16.3. The number of carbonyl (C=O) groups excluding carboxylic acids is 1. The molecule has 114 valence electrons. The van der Waals surface area contributed by atoms with E-state index >= 15 is 0 Å². The van der Waals surface area contributed by atoms with Crippen molar-refractivity contribution in [1.29, 1.82) is 0 Å². The monoisotopic (exact) mass is 338 g/mol. The number of hydrogen-bond acceptors (Lipinski definition) is 5. The van der Waals surface area contributed by atoms with Gasteiger partial charge in [0.2, 0.25) is 0 Å². The number of methoxy groups -OCH3 is 1. The summed E-state index contributed by atoms with van der Waals surface area (Å²) >= 11 is 12.2. The first-order chi connectivity index (χ1) is 10.6. The number of aromatic nitrogens is 1. The van der Waals surface area contributed by atoms with E-state index in [0.717, 1.165) is 5.56 Å². The van der Waals surface area contributed by atoms with Crippen LogP contribution in [0.5, 0.6) is 0 Å².